The second-order valence-electron chi connectivity index (χ2n) is 6.95. The molecule has 0 aliphatic heterocycles. The number of hydrazone groups is 1. The molecule has 0 spiro atoms. The molecule has 8 nitrogen and oxygen atoms in total. The van der Waals surface area contributed by atoms with Crippen molar-refractivity contribution in [3.05, 3.63) is 100 Å². The van der Waals surface area contributed by atoms with Crippen LogP contribution in [0.3, 0.4) is 0 Å². The van der Waals surface area contributed by atoms with Gasteiger partial charge in [0.25, 0.3) is 11.6 Å². The van der Waals surface area contributed by atoms with E-state index >= 15 is 0 Å². The Labute approximate surface area is 188 Å². The number of nitrogens with zero attached hydrogens (tertiary/aromatic N) is 3. The number of fused-ring (bicyclic) bond motifs is 1. The fourth-order valence-corrected chi connectivity index (χ4v) is 4.04. The third kappa shape index (κ3) is 5.19. The van der Waals surface area contributed by atoms with Crippen molar-refractivity contribution >= 4 is 40.6 Å². The van der Waals surface area contributed by atoms with E-state index in [4.69, 9.17) is 0 Å². The van der Waals surface area contributed by atoms with Crippen LogP contribution in [0, 0.1) is 10.1 Å². The van der Waals surface area contributed by atoms with E-state index in [0.717, 1.165) is 21.8 Å². The molecule has 9 heteroatoms. The minimum atomic E-state index is -0.475. The van der Waals surface area contributed by atoms with Gasteiger partial charge in [0.15, 0.2) is 11.0 Å². The quantitative estimate of drug-likeness (QED) is 0.142. The Kier molecular flexibility index (Phi) is 6.57. The SMILES string of the molecule is O=C(CSc1[nH]c2ccccc2[n+]1Cc1ccccc1)NN=Cc1cccc([N+](=O)[O-])c1. The summed E-state index contributed by atoms with van der Waals surface area (Å²) in [6.07, 6.45) is 1.38. The van der Waals surface area contributed by atoms with Crippen LogP contribution in [0.1, 0.15) is 11.1 Å². The normalized spacial score (nSPS) is 11.1. The van der Waals surface area contributed by atoms with E-state index in [9.17, 15) is 14.9 Å². The molecule has 0 saturated heterocycles. The second kappa shape index (κ2) is 9.88. The maximum absolute atomic E-state index is 12.3. The minimum Gasteiger partial charge on any atom is -0.272 e. The van der Waals surface area contributed by atoms with Crippen molar-refractivity contribution < 1.29 is 14.3 Å². The van der Waals surface area contributed by atoms with Gasteiger partial charge in [0.05, 0.1) is 16.9 Å². The van der Waals surface area contributed by atoms with E-state index < -0.39 is 4.92 Å². The smallest absolute Gasteiger partial charge is 0.272 e. The summed E-state index contributed by atoms with van der Waals surface area (Å²) in [5.41, 5.74) is 6.19. The van der Waals surface area contributed by atoms with Crippen LogP contribution in [0.4, 0.5) is 5.69 Å². The summed E-state index contributed by atoms with van der Waals surface area (Å²) >= 11 is 1.38. The van der Waals surface area contributed by atoms with Crippen LogP contribution < -0.4 is 9.99 Å². The monoisotopic (exact) mass is 446 g/mol. The van der Waals surface area contributed by atoms with E-state index in [0.29, 0.717) is 12.1 Å². The number of benzene rings is 3. The number of aromatic amines is 1. The van der Waals surface area contributed by atoms with Crippen molar-refractivity contribution in [2.75, 3.05) is 5.75 Å². The Morgan fingerprint density at radius 2 is 1.88 bits per heavy atom. The van der Waals surface area contributed by atoms with Gasteiger partial charge in [-0.3, -0.25) is 14.9 Å². The molecule has 0 fully saturated rings. The van der Waals surface area contributed by atoms with E-state index in [-0.39, 0.29) is 17.3 Å². The largest absolute Gasteiger partial charge is 0.317 e. The lowest BCUT2D eigenvalue weighted by molar-refractivity contribution is -0.700. The highest BCUT2D eigenvalue weighted by atomic mass is 32.2. The molecule has 1 heterocycles. The van der Waals surface area contributed by atoms with Gasteiger partial charge in [0.1, 0.15) is 6.54 Å². The van der Waals surface area contributed by atoms with Crippen LogP contribution in [-0.2, 0) is 11.3 Å². The van der Waals surface area contributed by atoms with Gasteiger partial charge in [-0.05, 0) is 29.5 Å². The fraction of sp³-hybridized carbons (Fsp3) is 0.0870. The maximum atomic E-state index is 12.3. The Morgan fingerprint density at radius 3 is 2.69 bits per heavy atom. The molecule has 2 N–H and O–H groups in total. The number of aromatic nitrogens is 2. The lowest BCUT2D eigenvalue weighted by Crippen LogP contribution is -2.36. The molecule has 0 radical (unpaired) electrons. The average Bonchev–Trinajstić information content (AvgIpc) is 3.16. The van der Waals surface area contributed by atoms with Crippen molar-refractivity contribution in [1.82, 2.24) is 10.4 Å². The van der Waals surface area contributed by atoms with Crippen molar-refractivity contribution in [1.29, 1.82) is 0 Å². The number of non-ortho nitro benzene ring substituents is 1. The number of thioether (sulfide) groups is 1. The number of para-hydroxylation sites is 2. The van der Waals surface area contributed by atoms with E-state index in [1.54, 1.807) is 12.1 Å². The third-order valence-electron chi connectivity index (χ3n) is 4.69. The lowest BCUT2D eigenvalue weighted by atomic mass is 10.2. The number of hydrogen-bond acceptors (Lipinski definition) is 5. The highest BCUT2D eigenvalue weighted by Gasteiger charge is 2.20. The molecule has 1 amide bonds. The molecule has 1 aromatic heterocycles. The molecule has 0 atom stereocenters. The predicted octanol–water partition coefficient (Wildman–Crippen LogP) is 3.65. The molecule has 0 saturated carbocycles. The van der Waals surface area contributed by atoms with Gasteiger partial charge in [0, 0.05) is 17.7 Å². The maximum Gasteiger partial charge on any atom is 0.317 e. The standard InChI is InChI=1S/C23H19N5O3S/c29-22(26-24-14-18-9-6-10-19(13-18)28(30)31)16-32-23-25-20-11-4-5-12-21(20)27(23)15-17-7-2-1-3-8-17/h1-14H,15-16H2,(H,26,29)/p+1. The van der Waals surface area contributed by atoms with Crippen LogP contribution in [0.5, 0.6) is 0 Å². The van der Waals surface area contributed by atoms with Crippen LogP contribution in [0.25, 0.3) is 11.0 Å². The molecular weight excluding hydrogens is 426 g/mol. The highest BCUT2D eigenvalue weighted by molar-refractivity contribution is 7.99. The number of carbonyl (C=O) groups is 1. The number of nitro benzene ring substituents is 1. The molecule has 4 rings (SSSR count). The molecule has 0 aliphatic carbocycles. The fourth-order valence-electron chi connectivity index (χ4n) is 3.21. The van der Waals surface area contributed by atoms with E-state index in [2.05, 4.69) is 32.2 Å². The number of nitro groups is 1. The number of H-pyrrole nitrogens is 1. The van der Waals surface area contributed by atoms with Crippen LogP contribution in [-0.4, -0.2) is 27.8 Å². The van der Waals surface area contributed by atoms with Gasteiger partial charge in [-0.2, -0.15) is 5.10 Å². The summed E-state index contributed by atoms with van der Waals surface area (Å²) in [6.45, 7) is 0.680. The predicted molar refractivity (Wildman–Crippen MR) is 124 cm³/mol. The Hall–Kier alpha value is -3.98. The first kappa shape index (κ1) is 21.3. The second-order valence-corrected chi connectivity index (χ2v) is 7.92. The first-order valence-electron chi connectivity index (χ1n) is 9.84. The van der Waals surface area contributed by atoms with Crippen LogP contribution in [0.2, 0.25) is 0 Å². The zero-order valence-electron chi connectivity index (χ0n) is 17.0. The van der Waals surface area contributed by atoms with Crippen LogP contribution >= 0.6 is 11.8 Å². The summed E-state index contributed by atoms with van der Waals surface area (Å²) < 4.78 is 2.15. The number of rotatable bonds is 8. The zero-order valence-corrected chi connectivity index (χ0v) is 17.8. The first-order valence-corrected chi connectivity index (χ1v) is 10.8. The molecule has 0 aliphatic rings. The Balaban J connectivity index is 1.42. The molecule has 160 valence electrons. The zero-order chi connectivity index (χ0) is 22.3. The van der Waals surface area contributed by atoms with E-state index in [1.165, 1.54) is 30.1 Å². The number of imidazole rings is 1. The summed E-state index contributed by atoms with van der Waals surface area (Å²) in [5, 5.41) is 15.6. The molecule has 4 aromatic rings. The topological polar surface area (TPSA) is 104 Å². The van der Waals surface area contributed by atoms with Crippen molar-refractivity contribution in [2.24, 2.45) is 5.10 Å². The van der Waals surface area contributed by atoms with Gasteiger partial charge in [-0.15, -0.1) is 0 Å². The summed E-state index contributed by atoms with van der Waals surface area (Å²) in [7, 11) is 0. The van der Waals surface area contributed by atoms with Gasteiger partial charge >= 0.3 is 5.16 Å². The molecule has 32 heavy (non-hydrogen) atoms. The number of carbonyl (C=O) groups excluding carboxylic acids is 1. The number of amides is 1. The molecular formula is C23H20N5O3S+. The summed E-state index contributed by atoms with van der Waals surface area (Å²) in [4.78, 5) is 26.0. The number of hydrogen-bond donors (Lipinski definition) is 2. The van der Waals surface area contributed by atoms with Crippen molar-refractivity contribution in [3.63, 3.8) is 0 Å². The van der Waals surface area contributed by atoms with Crippen LogP contribution in [0.15, 0.2) is 89.1 Å². The molecule has 0 unspecified atom stereocenters. The van der Waals surface area contributed by atoms with Gasteiger partial charge in [0.2, 0.25) is 0 Å². The van der Waals surface area contributed by atoms with Gasteiger partial charge in [-0.25, -0.2) is 15.0 Å². The Morgan fingerprint density at radius 1 is 1.09 bits per heavy atom. The Bertz CT molecular complexity index is 1290. The van der Waals surface area contributed by atoms with Gasteiger partial charge < -0.3 is 0 Å². The van der Waals surface area contributed by atoms with E-state index in [1.807, 2.05) is 42.5 Å². The average molecular weight is 447 g/mol. The lowest BCUT2D eigenvalue weighted by Gasteiger charge is -2.02. The first-order chi connectivity index (χ1) is 15.6. The van der Waals surface area contributed by atoms with Crippen molar-refractivity contribution in [3.8, 4) is 0 Å². The van der Waals surface area contributed by atoms with Crippen molar-refractivity contribution in [2.45, 2.75) is 11.7 Å². The minimum absolute atomic E-state index is 0.0300. The molecule has 0 bridgehead atoms. The third-order valence-corrected chi connectivity index (χ3v) is 5.69. The highest BCUT2D eigenvalue weighted by Crippen LogP contribution is 2.18. The van der Waals surface area contributed by atoms with Gasteiger partial charge in [-0.1, -0.05) is 54.6 Å². The summed E-state index contributed by atoms with van der Waals surface area (Å²) in [5.74, 6) is -0.116. The summed E-state index contributed by atoms with van der Waals surface area (Å²) in [6, 6.07) is 24.2. The molecule has 3 aromatic carbocycles. The number of nitrogens with one attached hydrogen (secondary N) is 2.